The molecule has 0 radical (unpaired) electrons. The largest absolute Gasteiger partial charge is 0.436 e. The van der Waals surface area contributed by atoms with Gasteiger partial charge in [-0.15, -0.1) is 0 Å². The highest BCUT2D eigenvalue weighted by atomic mass is 19.1. The second kappa shape index (κ2) is 8.49. The van der Waals surface area contributed by atoms with Gasteiger partial charge in [-0.1, -0.05) is 42.5 Å². The number of amides is 1. The van der Waals surface area contributed by atoms with Crippen LogP contribution in [0.1, 0.15) is 18.9 Å². The number of ether oxygens (including phenoxy) is 1. The van der Waals surface area contributed by atoms with Crippen LogP contribution in [0.2, 0.25) is 0 Å². The number of carbonyl (C=O) groups is 1. The van der Waals surface area contributed by atoms with Gasteiger partial charge in [0.1, 0.15) is 0 Å². The molecule has 2 aromatic carbocycles. The number of hydrogen-bond acceptors (Lipinski definition) is 3. The first-order valence-electron chi connectivity index (χ1n) is 8.90. The lowest BCUT2D eigenvalue weighted by Gasteiger charge is -2.10. The van der Waals surface area contributed by atoms with Crippen molar-refractivity contribution in [1.82, 2.24) is 15.1 Å². The van der Waals surface area contributed by atoms with Crippen molar-refractivity contribution in [1.29, 1.82) is 0 Å². The molecule has 0 fully saturated rings. The minimum atomic E-state index is -0.449. The average Bonchev–Trinajstić information content (AvgIpc) is 2.98. The van der Waals surface area contributed by atoms with E-state index in [0.29, 0.717) is 25.3 Å². The van der Waals surface area contributed by atoms with Crippen LogP contribution >= 0.6 is 0 Å². The van der Waals surface area contributed by atoms with E-state index in [4.69, 9.17) is 4.74 Å². The summed E-state index contributed by atoms with van der Waals surface area (Å²) in [6.45, 7) is 2.46. The highest BCUT2D eigenvalue weighted by molar-refractivity contribution is 5.77. The maximum absolute atomic E-state index is 14.1. The second-order valence-electron chi connectivity index (χ2n) is 6.11. The lowest BCUT2D eigenvalue weighted by Crippen LogP contribution is -2.22. The van der Waals surface area contributed by atoms with Gasteiger partial charge in [-0.2, -0.15) is 5.10 Å². The summed E-state index contributed by atoms with van der Waals surface area (Å²) in [5.74, 6) is 0.0643. The van der Waals surface area contributed by atoms with Crippen molar-refractivity contribution in [3.8, 4) is 22.9 Å². The monoisotopic (exact) mass is 367 g/mol. The van der Waals surface area contributed by atoms with Crippen LogP contribution in [0.5, 0.6) is 11.6 Å². The number of para-hydroxylation sites is 1. The first-order valence-corrected chi connectivity index (χ1v) is 8.90. The van der Waals surface area contributed by atoms with Gasteiger partial charge in [0, 0.05) is 31.1 Å². The SMILES string of the molecule is CCNC(=O)CCc1c(-c2ccccc2)nn(C)c1Oc1ccccc1F. The molecule has 140 valence electrons. The smallest absolute Gasteiger partial charge is 0.221 e. The zero-order valence-corrected chi connectivity index (χ0v) is 15.4. The van der Waals surface area contributed by atoms with E-state index in [1.165, 1.54) is 6.07 Å². The summed E-state index contributed by atoms with van der Waals surface area (Å²) < 4.78 is 21.5. The Labute approximate surface area is 157 Å². The van der Waals surface area contributed by atoms with Gasteiger partial charge in [0.2, 0.25) is 11.8 Å². The Kier molecular flexibility index (Phi) is 5.86. The molecule has 0 aliphatic carbocycles. The Balaban J connectivity index is 1.99. The molecule has 0 saturated heterocycles. The van der Waals surface area contributed by atoms with Crippen molar-refractivity contribution in [3.05, 3.63) is 66.0 Å². The van der Waals surface area contributed by atoms with Crippen molar-refractivity contribution in [2.24, 2.45) is 7.05 Å². The third-order valence-corrected chi connectivity index (χ3v) is 4.15. The molecule has 5 nitrogen and oxygen atoms in total. The van der Waals surface area contributed by atoms with Crippen LogP contribution in [0.25, 0.3) is 11.3 Å². The Hall–Kier alpha value is -3.15. The molecule has 3 rings (SSSR count). The number of benzene rings is 2. The van der Waals surface area contributed by atoms with Crippen LogP contribution in [-0.2, 0) is 18.3 Å². The molecule has 0 saturated carbocycles. The quantitative estimate of drug-likeness (QED) is 0.684. The van der Waals surface area contributed by atoms with Gasteiger partial charge in [0.15, 0.2) is 11.6 Å². The van der Waals surface area contributed by atoms with E-state index in [0.717, 1.165) is 16.8 Å². The van der Waals surface area contributed by atoms with E-state index in [-0.39, 0.29) is 11.7 Å². The minimum absolute atomic E-state index is 0.0443. The molecule has 3 aromatic rings. The summed E-state index contributed by atoms with van der Waals surface area (Å²) in [6.07, 6.45) is 0.737. The summed E-state index contributed by atoms with van der Waals surface area (Å²) in [5, 5.41) is 7.36. The van der Waals surface area contributed by atoms with E-state index >= 15 is 0 Å². The van der Waals surface area contributed by atoms with Gasteiger partial charge in [-0.25, -0.2) is 9.07 Å². The van der Waals surface area contributed by atoms with Crippen molar-refractivity contribution < 1.29 is 13.9 Å². The molecule has 1 N–H and O–H groups in total. The van der Waals surface area contributed by atoms with Crippen LogP contribution in [0.3, 0.4) is 0 Å². The molecular formula is C21H22FN3O2. The number of rotatable bonds is 7. The first-order chi connectivity index (χ1) is 13.1. The van der Waals surface area contributed by atoms with Crippen LogP contribution in [0, 0.1) is 5.82 Å². The Morgan fingerprint density at radius 2 is 1.85 bits per heavy atom. The zero-order chi connectivity index (χ0) is 19.2. The maximum Gasteiger partial charge on any atom is 0.221 e. The maximum atomic E-state index is 14.1. The molecule has 1 heterocycles. The normalized spacial score (nSPS) is 10.6. The van der Waals surface area contributed by atoms with Crippen molar-refractivity contribution in [2.75, 3.05) is 6.54 Å². The van der Waals surface area contributed by atoms with Crippen molar-refractivity contribution in [2.45, 2.75) is 19.8 Å². The van der Waals surface area contributed by atoms with Gasteiger partial charge in [-0.3, -0.25) is 4.79 Å². The highest BCUT2D eigenvalue weighted by Gasteiger charge is 2.21. The van der Waals surface area contributed by atoms with E-state index in [1.54, 1.807) is 29.9 Å². The molecule has 1 amide bonds. The van der Waals surface area contributed by atoms with Crippen LogP contribution in [0.4, 0.5) is 4.39 Å². The molecule has 6 heteroatoms. The van der Waals surface area contributed by atoms with Gasteiger partial charge in [-0.05, 0) is 25.5 Å². The van der Waals surface area contributed by atoms with Crippen LogP contribution in [-0.4, -0.2) is 22.2 Å². The molecule has 0 spiro atoms. The number of halogens is 1. The van der Waals surface area contributed by atoms with Gasteiger partial charge in [0.05, 0.1) is 5.69 Å². The van der Waals surface area contributed by atoms with Crippen LogP contribution < -0.4 is 10.1 Å². The molecule has 0 aliphatic rings. The van der Waals surface area contributed by atoms with Gasteiger partial charge < -0.3 is 10.1 Å². The summed E-state index contributed by atoms with van der Waals surface area (Å²) in [7, 11) is 1.75. The minimum Gasteiger partial charge on any atom is -0.436 e. The van der Waals surface area contributed by atoms with E-state index in [9.17, 15) is 9.18 Å². The molecule has 0 aliphatic heterocycles. The Bertz CT molecular complexity index is 922. The summed E-state index contributed by atoms with van der Waals surface area (Å²) in [6, 6.07) is 15.9. The number of carbonyl (C=O) groups excluding carboxylic acids is 1. The fourth-order valence-corrected chi connectivity index (χ4v) is 2.89. The topological polar surface area (TPSA) is 56.2 Å². The number of nitrogens with one attached hydrogen (secondary N) is 1. The number of nitrogens with zero attached hydrogens (tertiary/aromatic N) is 2. The van der Waals surface area contributed by atoms with Crippen molar-refractivity contribution in [3.63, 3.8) is 0 Å². The number of hydrogen-bond donors (Lipinski definition) is 1. The molecule has 1 aromatic heterocycles. The van der Waals surface area contributed by atoms with E-state index in [2.05, 4.69) is 10.4 Å². The highest BCUT2D eigenvalue weighted by Crippen LogP contribution is 2.34. The Morgan fingerprint density at radius 1 is 1.15 bits per heavy atom. The summed E-state index contributed by atoms with van der Waals surface area (Å²) in [5.41, 5.74) is 2.43. The number of aromatic nitrogens is 2. The fourth-order valence-electron chi connectivity index (χ4n) is 2.89. The summed E-state index contributed by atoms with van der Waals surface area (Å²) >= 11 is 0. The van der Waals surface area contributed by atoms with Gasteiger partial charge in [0.25, 0.3) is 0 Å². The first kappa shape index (κ1) is 18.6. The number of aryl methyl sites for hydroxylation is 1. The molecule has 27 heavy (non-hydrogen) atoms. The Morgan fingerprint density at radius 3 is 2.56 bits per heavy atom. The predicted octanol–water partition coefficient (Wildman–Crippen LogP) is 4.09. The standard InChI is InChI=1S/C21H22FN3O2/c1-3-23-19(26)14-13-16-20(15-9-5-4-6-10-15)24-25(2)21(16)27-18-12-8-7-11-17(18)22/h4-12H,3,13-14H2,1-2H3,(H,23,26). The lowest BCUT2D eigenvalue weighted by molar-refractivity contribution is -0.120. The molecule has 0 bridgehead atoms. The average molecular weight is 367 g/mol. The van der Waals surface area contributed by atoms with Gasteiger partial charge >= 0.3 is 0 Å². The second-order valence-corrected chi connectivity index (χ2v) is 6.11. The zero-order valence-electron chi connectivity index (χ0n) is 15.4. The van der Waals surface area contributed by atoms with E-state index in [1.807, 2.05) is 37.3 Å². The molecular weight excluding hydrogens is 345 g/mol. The van der Waals surface area contributed by atoms with E-state index < -0.39 is 5.82 Å². The molecule has 0 unspecified atom stereocenters. The predicted molar refractivity (Wildman–Crippen MR) is 102 cm³/mol. The molecule has 0 atom stereocenters. The van der Waals surface area contributed by atoms with Crippen molar-refractivity contribution >= 4 is 5.91 Å². The lowest BCUT2D eigenvalue weighted by atomic mass is 10.0. The fraction of sp³-hybridized carbons (Fsp3) is 0.238. The summed E-state index contributed by atoms with van der Waals surface area (Å²) in [4.78, 5) is 12.0. The van der Waals surface area contributed by atoms with Crippen LogP contribution in [0.15, 0.2) is 54.6 Å². The third kappa shape index (κ3) is 4.34. The third-order valence-electron chi connectivity index (χ3n) is 4.15.